The van der Waals surface area contributed by atoms with E-state index in [0.717, 1.165) is 27.8 Å². The molecular weight excluding hydrogens is 424 g/mol. The summed E-state index contributed by atoms with van der Waals surface area (Å²) in [5.74, 6) is 1.28. The van der Waals surface area contributed by atoms with Crippen LogP contribution in [-0.4, -0.2) is 17.5 Å². The Morgan fingerprint density at radius 1 is 1.06 bits per heavy atom. The highest BCUT2D eigenvalue weighted by molar-refractivity contribution is 6.31. The molecule has 3 aromatic carbocycles. The van der Waals surface area contributed by atoms with Crippen molar-refractivity contribution in [3.8, 4) is 17.2 Å². The number of amides is 1. The average Bonchev–Trinajstić information content (AvgIpc) is 3.19. The molecule has 1 aromatic heterocycles. The van der Waals surface area contributed by atoms with Crippen molar-refractivity contribution in [3.05, 3.63) is 76.3 Å². The van der Waals surface area contributed by atoms with Crippen molar-refractivity contribution in [2.24, 2.45) is 0 Å². The number of ether oxygens (including phenoxy) is 1. The van der Waals surface area contributed by atoms with Gasteiger partial charge in [0, 0.05) is 16.3 Å². The normalized spacial score (nSPS) is 11.2. The molecule has 0 aliphatic rings. The molecule has 0 bridgehead atoms. The molecule has 5 nitrogen and oxygen atoms in total. The van der Waals surface area contributed by atoms with Crippen LogP contribution in [0.15, 0.2) is 59.0 Å². The van der Waals surface area contributed by atoms with Crippen molar-refractivity contribution in [1.29, 1.82) is 0 Å². The van der Waals surface area contributed by atoms with Crippen molar-refractivity contribution < 1.29 is 13.9 Å². The van der Waals surface area contributed by atoms with Crippen LogP contribution in [0.1, 0.15) is 36.5 Å². The number of rotatable bonds is 6. The van der Waals surface area contributed by atoms with Gasteiger partial charge in [0.2, 0.25) is 5.89 Å². The molecule has 0 aliphatic carbocycles. The summed E-state index contributed by atoms with van der Waals surface area (Å²) in [6.45, 7) is 8.01. The van der Waals surface area contributed by atoms with Crippen molar-refractivity contribution in [2.45, 2.75) is 33.6 Å². The summed E-state index contributed by atoms with van der Waals surface area (Å²) < 4.78 is 11.6. The van der Waals surface area contributed by atoms with Crippen LogP contribution in [0.4, 0.5) is 5.69 Å². The first-order valence-electron chi connectivity index (χ1n) is 10.5. The summed E-state index contributed by atoms with van der Waals surface area (Å²) in [6.07, 6.45) is 0. The van der Waals surface area contributed by atoms with Gasteiger partial charge in [0.15, 0.2) is 12.2 Å². The molecular formula is C26H25ClN2O3. The standard InChI is InChI=1S/C26H25ClN2O3/c1-15(2)18-7-10-24-23(12-18)29-26(32-24)19-6-5-16(3)22(13-19)28-25(30)14-31-20-8-9-21(27)17(4)11-20/h5-13,15H,14H2,1-4H3,(H,28,30). The summed E-state index contributed by atoms with van der Waals surface area (Å²) in [5, 5.41) is 3.58. The number of anilines is 1. The Morgan fingerprint density at radius 2 is 1.88 bits per heavy atom. The maximum absolute atomic E-state index is 12.5. The fourth-order valence-electron chi connectivity index (χ4n) is 3.36. The van der Waals surface area contributed by atoms with Crippen LogP contribution < -0.4 is 10.1 Å². The van der Waals surface area contributed by atoms with E-state index in [1.54, 1.807) is 18.2 Å². The number of carbonyl (C=O) groups excluding carboxylic acids is 1. The van der Waals surface area contributed by atoms with E-state index in [4.69, 9.17) is 20.8 Å². The molecule has 0 radical (unpaired) electrons. The third-order valence-electron chi connectivity index (χ3n) is 5.34. The van der Waals surface area contributed by atoms with Gasteiger partial charge in [0.1, 0.15) is 11.3 Å². The van der Waals surface area contributed by atoms with Crippen LogP contribution in [0.5, 0.6) is 5.75 Å². The lowest BCUT2D eigenvalue weighted by molar-refractivity contribution is -0.118. The van der Waals surface area contributed by atoms with Gasteiger partial charge < -0.3 is 14.5 Å². The lowest BCUT2D eigenvalue weighted by Crippen LogP contribution is -2.20. The van der Waals surface area contributed by atoms with Crippen molar-refractivity contribution in [2.75, 3.05) is 11.9 Å². The number of nitrogens with one attached hydrogen (secondary N) is 1. The lowest BCUT2D eigenvalue weighted by atomic mass is 10.0. The molecule has 4 aromatic rings. The third kappa shape index (κ3) is 4.78. The smallest absolute Gasteiger partial charge is 0.262 e. The fraction of sp³-hybridized carbons (Fsp3) is 0.231. The van der Waals surface area contributed by atoms with Gasteiger partial charge in [-0.25, -0.2) is 4.98 Å². The molecule has 6 heteroatoms. The quantitative estimate of drug-likeness (QED) is 0.348. The summed E-state index contributed by atoms with van der Waals surface area (Å²) in [6, 6.07) is 17.1. The first-order chi connectivity index (χ1) is 15.3. The number of oxazole rings is 1. The first kappa shape index (κ1) is 21.9. The van der Waals surface area contributed by atoms with Gasteiger partial charge in [-0.2, -0.15) is 0 Å². The number of halogens is 1. The van der Waals surface area contributed by atoms with Crippen molar-refractivity contribution in [3.63, 3.8) is 0 Å². The second-order valence-corrected chi connectivity index (χ2v) is 8.59. The number of nitrogens with zero attached hydrogens (tertiary/aromatic N) is 1. The van der Waals surface area contributed by atoms with E-state index < -0.39 is 0 Å². The molecule has 164 valence electrons. The van der Waals surface area contributed by atoms with Crippen LogP contribution in [0.2, 0.25) is 5.02 Å². The molecule has 0 unspecified atom stereocenters. The maximum Gasteiger partial charge on any atom is 0.262 e. The van der Waals surface area contributed by atoms with Gasteiger partial charge >= 0.3 is 0 Å². The van der Waals surface area contributed by atoms with E-state index in [1.165, 1.54) is 5.56 Å². The van der Waals surface area contributed by atoms with Crippen molar-refractivity contribution >= 4 is 34.3 Å². The molecule has 0 spiro atoms. The second kappa shape index (κ2) is 9.05. The zero-order valence-electron chi connectivity index (χ0n) is 18.5. The number of hydrogen-bond acceptors (Lipinski definition) is 4. The number of aryl methyl sites for hydroxylation is 2. The molecule has 0 aliphatic heterocycles. The highest BCUT2D eigenvalue weighted by Crippen LogP contribution is 2.29. The van der Waals surface area contributed by atoms with Crippen LogP contribution in [0, 0.1) is 13.8 Å². The number of hydrogen-bond donors (Lipinski definition) is 1. The monoisotopic (exact) mass is 448 g/mol. The highest BCUT2D eigenvalue weighted by Gasteiger charge is 2.13. The summed E-state index contributed by atoms with van der Waals surface area (Å²) in [4.78, 5) is 17.1. The Morgan fingerprint density at radius 3 is 2.62 bits per heavy atom. The predicted molar refractivity (Wildman–Crippen MR) is 129 cm³/mol. The van der Waals surface area contributed by atoms with E-state index in [-0.39, 0.29) is 12.5 Å². The third-order valence-corrected chi connectivity index (χ3v) is 5.76. The molecule has 4 rings (SSSR count). The minimum absolute atomic E-state index is 0.106. The van der Waals surface area contributed by atoms with E-state index in [1.807, 2.05) is 38.1 Å². The topological polar surface area (TPSA) is 64.4 Å². The van der Waals surface area contributed by atoms with E-state index in [2.05, 4.69) is 36.3 Å². The summed E-state index contributed by atoms with van der Waals surface area (Å²) in [5.41, 5.74) is 6.09. The number of benzene rings is 3. The zero-order chi connectivity index (χ0) is 22.8. The molecule has 0 saturated heterocycles. The van der Waals surface area contributed by atoms with Crippen molar-refractivity contribution in [1.82, 2.24) is 4.98 Å². The SMILES string of the molecule is Cc1cc(OCC(=O)Nc2cc(-c3nc4cc(C(C)C)ccc4o3)ccc2C)ccc1Cl. The van der Waals surface area contributed by atoms with Gasteiger partial charge in [0.25, 0.3) is 5.91 Å². The largest absolute Gasteiger partial charge is 0.484 e. The fourth-order valence-corrected chi connectivity index (χ4v) is 3.48. The molecule has 0 atom stereocenters. The minimum Gasteiger partial charge on any atom is -0.484 e. The van der Waals surface area contributed by atoms with E-state index >= 15 is 0 Å². The highest BCUT2D eigenvalue weighted by atomic mass is 35.5. The summed E-state index contributed by atoms with van der Waals surface area (Å²) >= 11 is 6.03. The Hall–Kier alpha value is -3.31. The van der Waals surface area contributed by atoms with E-state index in [9.17, 15) is 4.79 Å². The van der Waals surface area contributed by atoms with Gasteiger partial charge in [-0.1, -0.05) is 37.6 Å². The van der Waals surface area contributed by atoms with Gasteiger partial charge in [-0.15, -0.1) is 0 Å². The number of carbonyl (C=O) groups is 1. The summed E-state index contributed by atoms with van der Waals surface area (Å²) in [7, 11) is 0. The minimum atomic E-state index is -0.253. The Bertz CT molecular complexity index is 1290. The number of fused-ring (bicyclic) bond motifs is 1. The molecule has 1 heterocycles. The molecule has 0 saturated carbocycles. The zero-order valence-corrected chi connectivity index (χ0v) is 19.3. The van der Waals surface area contributed by atoms with Gasteiger partial charge in [-0.3, -0.25) is 4.79 Å². The van der Waals surface area contributed by atoms with Crippen LogP contribution in [-0.2, 0) is 4.79 Å². The van der Waals surface area contributed by atoms with E-state index in [0.29, 0.717) is 28.3 Å². The molecule has 1 amide bonds. The molecule has 1 N–H and O–H groups in total. The van der Waals surface area contributed by atoms with Crippen LogP contribution in [0.3, 0.4) is 0 Å². The molecule has 0 fully saturated rings. The first-order valence-corrected chi connectivity index (χ1v) is 10.9. The second-order valence-electron chi connectivity index (χ2n) is 8.18. The van der Waals surface area contributed by atoms with Crippen LogP contribution >= 0.6 is 11.6 Å². The van der Waals surface area contributed by atoms with Gasteiger partial charge in [0.05, 0.1) is 0 Å². The molecule has 32 heavy (non-hydrogen) atoms. The lowest BCUT2D eigenvalue weighted by Gasteiger charge is -2.11. The average molecular weight is 449 g/mol. The Kier molecular flexibility index (Phi) is 6.19. The predicted octanol–water partition coefficient (Wildman–Crippen LogP) is 6.91. The van der Waals surface area contributed by atoms with Crippen LogP contribution in [0.25, 0.3) is 22.6 Å². The Labute approximate surface area is 192 Å². The maximum atomic E-state index is 12.5. The number of aromatic nitrogens is 1. The Balaban J connectivity index is 1.50. The van der Waals surface area contributed by atoms with Gasteiger partial charge in [-0.05, 0) is 78.9 Å².